The fraction of sp³-hybridized carbons (Fsp3) is 0.278. The number of ether oxygens (including phenoxy) is 1. The van der Waals surface area contributed by atoms with Gasteiger partial charge in [0.2, 0.25) is 0 Å². The Kier molecular flexibility index (Phi) is 7.64. The van der Waals surface area contributed by atoms with Crippen LogP contribution in [0.4, 0.5) is 10.5 Å². The Bertz CT molecular complexity index is 872. The molecule has 0 heterocycles. The number of carbonyl (C=O) groups is 1. The zero-order valence-electron chi connectivity index (χ0n) is 15.0. The number of hydrogen-bond acceptors (Lipinski definition) is 5. The van der Waals surface area contributed by atoms with E-state index in [1.54, 1.807) is 48.4 Å². The third-order valence-electron chi connectivity index (χ3n) is 3.47. The van der Waals surface area contributed by atoms with Gasteiger partial charge in [0.25, 0.3) is 0 Å². The summed E-state index contributed by atoms with van der Waals surface area (Å²) in [4.78, 5) is 14.2. The van der Waals surface area contributed by atoms with Crippen LogP contribution < -0.4 is 9.50 Å². The molecular formula is C18H21BrN2O5S. The molecule has 0 aliphatic rings. The Hall–Kier alpha value is -2.10. The highest BCUT2D eigenvalue weighted by Crippen LogP contribution is 2.18. The number of rotatable bonds is 8. The first kappa shape index (κ1) is 21.2. The van der Waals surface area contributed by atoms with E-state index < -0.39 is 10.1 Å². The maximum atomic E-state index is 12.6. The third-order valence-corrected chi connectivity index (χ3v) is 4.49. The van der Waals surface area contributed by atoms with E-state index in [2.05, 4.69) is 21.2 Å². The SMILES string of the molecule is COCCN(Cc1cccc(OS(C)(=O)=O)c1)C(=O)Nc1ccc(Br)cc1. The van der Waals surface area contributed by atoms with E-state index in [1.807, 2.05) is 12.1 Å². The number of benzene rings is 2. The van der Waals surface area contributed by atoms with Crippen molar-refractivity contribution in [3.63, 3.8) is 0 Å². The van der Waals surface area contributed by atoms with Crippen molar-refractivity contribution in [2.24, 2.45) is 0 Å². The monoisotopic (exact) mass is 456 g/mol. The van der Waals surface area contributed by atoms with Gasteiger partial charge in [-0.3, -0.25) is 0 Å². The van der Waals surface area contributed by atoms with Gasteiger partial charge in [-0.1, -0.05) is 28.1 Å². The largest absolute Gasteiger partial charge is 0.383 e. The van der Waals surface area contributed by atoms with Gasteiger partial charge >= 0.3 is 16.1 Å². The molecule has 2 amide bonds. The summed E-state index contributed by atoms with van der Waals surface area (Å²) in [6.45, 7) is 1.01. The number of urea groups is 1. The van der Waals surface area contributed by atoms with Crippen LogP contribution in [-0.2, 0) is 21.4 Å². The molecule has 0 atom stereocenters. The summed E-state index contributed by atoms with van der Waals surface area (Å²) in [5.74, 6) is 0.204. The van der Waals surface area contributed by atoms with Crippen molar-refractivity contribution < 1.29 is 22.1 Å². The summed E-state index contributed by atoms with van der Waals surface area (Å²) in [5.41, 5.74) is 1.40. The molecule has 0 unspecified atom stereocenters. The summed E-state index contributed by atoms with van der Waals surface area (Å²) >= 11 is 3.35. The predicted molar refractivity (Wildman–Crippen MR) is 107 cm³/mol. The highest BCUT2D eigenvalue weighted by molar-refractivity contribution is 9.10. The van der Waals surface area contributed by atoms with Crippen molar-refractivity contribution in [2.75, 3.05) is 31.8 Å². The van der Waals surface area contributed by atoms with E-state index in [0.29, 0.717) is 18.8 Å². The average Bonchev–Trinajstić information content (AvgIpc) is 2.59. The van der Waals surface area contributed by atoms with Crippen LogP contribution in [0.25, 0.3) is 0 Å². The molecule has 0 fully saturated rings. The van der Waals surface area contributed by atoms with Crippen molar-refractivity contribution in [2.45, 2.75) is 6.54 Å². The predicted octanol–water partition coefficient (Wildman–Crippen LogP) is 3.47. The van der Waals surface area contributed by atoms with Crippen molar-refractivity contribution in [3.8, 4) is 5.75 Å². The highest BCUT2D eigenvalue weighted by Gasteiger charge is 2.15. The molecule has 0 saturated heterocycles. The molecule has 0 saturated carbocycles. The molecule has 2 aromatic rings. The van der Waals surface area contributed by atoms with Gasteiger partial charge in [-0.05, 0) is 42.0 Å². The molecule has 0 aromatic heterocycles. The number of methoxy groups -OCH3 is 1. The Morgan fingerprint density at radius 3 is 2.52 bits per heavy atom. The number of nitrogens with one attached hydrogen (secondary N) is 1. The Balaban J connectivity index is 2.12. The van der Waals surface area contributed by atoms with Crippen LogP contribution in [0.1, 0.15) is 5.56 Å². The van der Waals surface area contributed by atoms with Crippen LogP contribution in [0, 0.1) is 0 Å². The standard InChI is InChI=1S/C18H21BrN2O5S/c1-25-11-10-21(18(22)20-16-8-6-15(19)7-9-16)13-14-4-3-5-17(12-14)26-27(2,23)24/h3-9,12H,10-11,13H2,1-2H3,(H,20,22). The molecule has 7 nitrogen and oxygen atoms in total. The molecule has 0 radical (unpaired) electrons. The summed E-state index contributed by atoms with van der Waals surface area (Å²) in [7, 11) is -2.05. The molecule has 9 heteroatoms. The lowest BCUT2D eigenvalue weighted by Gasteiger charge is -2.23. The van der Waals surface area contributed by atoms with Crippen molar-refractivity contribution in [1.82, 2.24) is 4.90 Å². The van der Waals surface area contributed by atoms with E-state index in [9.17, 15) is 13.2 Å². The molecule has 0 aliphatic carbocycles. The molecule has 1 N–H and O–H groups in total. The number of halogens is 1. The van der Waals surface area contributed by atoms with Crippen LogP contribution in [0.2, 0.25) is 0 Å². The van der Waals surface area contributed by atoms with Crippen molar-refractivity contribution in [1.29, 1.82) is 0 Å². The first-order valence-electron chi connectivity index (χ1n) is 8.05. The van der Waals surface area contributed by atoms with Gasteiger partial charge in [0, 0.05) is 30.4 Å². The Morgan fingerprint density at radius 2 is 1.89 bits per heavy atom. The molecule has 27 heavy (non-hydrogen) atoms. The summed E-state index contributed by atoms with van der Waals surface area (Å²) in [6, 6.07) is 13.6. The van der Waals surface area contributed by atoms with Crippen molar-refractivity contribution >= 4 is 37.8 Å². The second-order valence-corrected chi connectivity index (χ2v) is 8.28. The third kappa shape index (κ3) is 7.58. The minimum absolute atomic E-state index is 0.204. The smallest absolute Gasteiger partial charge is 0.322 e. The molecule has 2 rings (SSSR count). The second-order valence-electron chi connectivity index (χ2n) is 5.79. The maximum Gasteiger partial charge on any atom is 0.322 e. The first-order chi connectivity index (χ1) is 12.8. The molecule has 0 aliphatic heterocycles. The van der Waals surface area contributed by atoms with Crippen LogP contribution in [0.5, 0.6) is 5.75 Å². The first-order valence-corrected chi connectivity index (χ1v) is 10.7. The molecule has 2 aromatic carbocycles. The van der Waals surface area contributed by atoms with Gasteiger partial charge in [-0.25, -0.2) is 4.79 Å². The minimum Gasteiger partial charge on any atom is -0.383 e. The lowest BCUT2D eigenvalue weighted by atomic mass is 10.2. The summed E-state index contributed by atoms with van der Waals surface area (Å²) in [5, 5.41) is 2.83. The van der Waals surface area contributed by atoms with Crippen molar-refractivity contribution in [3.05, 3.63) is 58.6 Å². The van der Waals surface area contributed by atoms with E-state index in [-0.39, 0.29) is 18.3 Å². The zero-order chi connectivity index (χ0) is 19.9. The summed E-state index contributed by atoms with van der Waals surface area (Å²) in [6.07, 6.45) is 0.982. The molecule has 0 bridgehead atoms. The van der Waals surface area contributed by atoms with E-state index in [4.69, 9.17) is 8.92 Å². The molecule has 0 spiro atoms. The van der Waals surface area contributed by atoms with Gasteiger partial charge in [0.15, 0.2) is 0 Å². The highest BCUT2D eigenvalue weighted by atomic mass is 79.9. The van der Waals surface area contributed by atoms with E-state index in [1.165, 1.54) is 0 Å². The molecule has 146 valence electrons. The number of carbonyl (C=O) groups excluding carboxylic acids is 1. The van der Waals surface area contributed by atoms with E-state index >= 15 is 0 Å². The van der Waals surface area contributed by atoms with Gasteiger partial charge < -0.3 is 19.1 Å². The van der Waals surface area contributed by atoms with Crippen LogP contribution in [0.3, 0.4) is 0 Å². The Labute approximate surface area is 167 Å². The van der Waals surface area contributed by atoms with Gasteiger partial charge in [-0.2, -0.15) is 8.42 Å². The number of hydrogen-bond donors (Lipinski definition) is 1. The number of nitrogens with zero attached hydrogens (tertiary/aromatic N) is 1. The van der Waals surface area contributed by atoms with Crippen LogP contribution >= 0.6 is 15.9 Å². The van der Waals surface area contributed by atoms with E-state index in [0.717, 1.165) is 16.3 Å². The van der Waals surface area contributed by atoms with Gasteiger partial charge in [-0.15, -0.1) is 0 Å². The fourth-order valence-electron chi connectivity index (χ4n) is 2.28. The van der Waals surface area contributed by atoms with Crippen LogP contribution in [-0.4, -0.2) is 45.9 Å². The van der Waals surface area contributed by atoms with Gasteiger partial charge in [0.05, 0.1) is 12.9 Å². The maximum absolute atomic E-state index is 12.6. The average molecular weight is 457 g/mol. The zero-order valence-corrected chi connectivity index (χ0v) is 17.4. The van der Waals surface area contributed by atoms with Gasteiger partial charge in [0.1, 0.15) is 5.75 Å². The number of amides is 2. The van der Waals surface area contributed by atoms with Crippen LogP contribution in [0.15, 0.2) is 53.0 Å². The lowest BCUT2D eigenvalue weighted by Crippen LogP contribution is -2.36. The molecular weight excluding hydrogens is 436 g/mol. The fourth-order valence-corrected chi connectivity index (χ4v) is 3.00. The Morgan fingerprint density at radius 1 is 1.19 bits per heavy atom. The lowest BCUT2D eigenvalue weighted by molar-refractivity contribution is 0.153. The minimum atomic E-state index is -3.61. The second kappa shape index (κ2) is 9.72. The topological polar surface area (TPSA) is 84.9 Å². The normalized spacial score (nSPS) is 11.1. The summed E-state index contributed by atoms with van der Waals surface area (Å²) < 4.78 is 33.5. The quantitative estimate of drug-likeness (QED) is 0.614. The number of anilines is 1.